The van der Waals surface area contributed by atoms with Crippen LogP contribution in [-0.4, -0.2) is 18.3 Å². The first-order valence-electron chi connectivity index (χ1n) is 5.73. The van der Waals surface area contributed by atoms with Gasteiger partial charge < -0.3 is 9.47 Å². The van der Waals surface area contributed by atoms with Crippen LogP contribution in [0.5, 0.6) is 0 Å². The van der Waals surface area contributed by atoms with Gasteiger partial charge in [0, 0.05) is 0 Å². The summed E-state index contributed by atoms with van der Waals surface area (Å²) in [6, 6.07) is 0. The van der Waals surface area contributed by atoms with E-state index in [9.17, 15) is 4.79 Å². The van der Waals surface area contributed by atoms with Crippen molar-refractivity contribution in [2.75, 3.05) is 6.61 Å². The van der Waals surface area contributed by atoms with Crippen molar-refractivity contribution in [2.45, 2.75) is 52.7 Å². The zero-order chi connectivity index (χ0) is 12.6. The highest BCUT2D eigenvalue weighted by molar-refractivity contribution is 5.87. The monoisotopic (exact) mass is 229 g/mol. The molecule has 0 saturated heterocycles. The van der Waals surface area contributed by atoms with Crippen LogP contribution < -0.4 is 5.73 Å². The lowest BCUT2D eigenvalue weighted by Gasteiger charge is -2.22. The van der Waals surface area contributed by atoms with Crippen LogP contribution in [0.3, 0.4) is 0 Å². The molecule has 0 heterocycles. The van der Waals surface area contributed by atoms with Crippen molar-refractivity contribution >= 4 is 5.97 Å². The van der Waals surface area contributed by atoms with Crippen LogP contribution in [0.4, 0.5) is 0 Å². The molecule has 0 bridgehead atoms. The molecule has 94 valence electrons. The molecule has 0 aliphatic rings. The zero-order valence-corrected chi connectivity index (χ0v) is 10.7. The summed E-state index contributed by atoms with van der Waals surface area (Å²) in [6.45, 7) is 7.83. The van der Waals surface area contributed by atoms with Gasteiger partial charge in [-0.25, -0.2) is 4.79 Å². The van der Waals surface area contributed by atoms with Crippen molar-refractivity contribution < 1.29 is 14.3 Å². The number of ether oxygens (including phenoxy) is 2. The number of carbonyl (C=O) groups excluding carboxylic acids is 1. The molecule has 0 rings (SSSR count). The zero-order valence-electron chi connectivity index (χ0n) is 10.7. The Morgan fingerprint density at radius 2 is 2.06 bits per heavy atom. The minimum Gasteiger partial charge on any atom is -0.480 e. The summed E-state index contributed by atoms with van der Waals surface area (Å²) in [4.78, 5) is 11.4. The molecular formula is C12H23NO3. The maximum atomic E-state index is 11.4. The molecule has 0 aromatic carbocycles. The number of rotatable bonds is 7. The van der Waals surface area contributed by atoms with E-state index in [1.165, 1.54) is 6.26 Å². The van der Waals surface area contributed by atoms with Crippen LogP contribution in [0, 0.1) is 0 Å². The lowest BCUT2D eigenvalue weighted by molar-refractivity contribution is -0.139. The summed E-state index contributed by atoms with van der Waals surface area (Å²) in [6.07, 6.45) is 3.92. The fourth-order valence-corrected chi connectivity index (χ4v) is 0.777. The van der Waals surface area contributed by atoms with Crippen LogP contribution >= 0.6 is 0 Å². The highest BCUT2D eigenvalue weighted by Crippen LogP contribution is 2.09. The molecule has 0 aromatic rings. The van der Waals surface area contributed by atoms with E-state index >= 15 is 0 Å². The lowest BCUT2D eigenvalue weighted by atomic mass is 10.2. The molecule has 0 radical (unpaired) electrons. The SMILES string of the molecule is CCCCOC(=O)C(C)=COC(C)(N)CC. The van der Waals surface area contributed by atoms with Crippen LogP contribution in [0.1, 0.15) is 47.0 Å². The number of nitrogens with two attached hydrogens (primary N) is 1. The topological polar surface area (TPSA) is 61.5 Å². The van der Waals surface area contributed by atoms with Gasteiger partial charge in [0.15, 0.2) is 5.72 Å². The highest BCUT2D eigenvalue weighted by atomic mass is 16.5. The number of esters is 1. The fourth-order valence-electron chi connectivity index (χ4n) is 0.777. The summed E-state index contributed by atoms with van der Waals surface area (Å²) in [7, 11) is 0. The molecule has 4 nitrogen and oxygen atoms in total. The second-order valence-corrected chi connectivity index (χ2v) is 4.07. The molecule has 4 heteroatoms. The standard InChI is InChI=1S/C12H23NO3/c1-5-7-8-15-11(14)10(3)9-16-12(4,13)6-2/h9H,5-8,13H2,1-4H3. The van der Waals surface area contributed by atoms with Gasteiger partial charge in [-0.2, -0.15) is 0 Å². The van der Waals surface area contributed by atoms with Gasteiger partial charge in [-0.05, 0) is 26.7 Å². The van der Waals surface area contributed by atoms with Gasteiger partial charge in [-0.1, -0.05) is 20.3 Å². The average Bonchev–Trinajstić information content (AvgIpc) is 2.26. The Kier molecular flexibility index (Phi) is 6.81. The number of hydrogen-bond acceptors (Lipinski definition) is 4. The predicted molar refractivity (Wildman–Crippen MR) is 63.6 cm³/mol. The van der Waals surface area contributed by atoms with Gasteiger partial charge in [0.2, 0.25) is 0 Å². The van der Waals surface area contributed by atoms with E-state index in [0.29, 0.717) is 18.6 Å². The van der Waals surface area contributed by atoms with Gasteiger partial charge in [0.25, 0.3) is 0 Å². The fraction of sp³-hybridized carbons (Fsp3) is 0.750. The van der Waals surface area contributed by atoms with E-state index in [2.05, 4.69) is 0 Å². The Morgan fingerprint density at radius 1 is 1.44 bits per heavy atom. The van der Waals surface area contributed by atoms with Gasteiger partial charge in [-0.15, -0.1) is 0 Å². The minimum atomic E-state index is -0.731. The smallest absolute Gasteiger partial charge is 0.336 e. The normalized spacial score (nSPS) is 15.4. The first kappa shape index (κ1) is 15.0. The highest BCUT2D eigenvalue weighted by Gasteiger charge is 2.16. The molecule has 0 amide bonds. The third kappa shape index (κ3) is 6.45. The maximum Gasteiger partial charge on any atom is 0.336 e. The van der Waals surface area contributed by atoms with Crippen LogP contribution in [0.15, 0.2) is 11.8 Å². The summed E-state index contributed by atoms with van der Waals surface area (Å²) in [5, 5.41) is 0. The molecule has 2 N–H and O–H groups in total. The van der Waals surface area contributed by atoms with E-state index in [1.54, 1.807) is 13.8 Å². The third-order valence-corrected chi connectivity index (χ3v) is 2.26. The van der Waals surface area contributed by atoms with Crippen molar-refractivity contribution in [3.8, 4) is 0 Å². The average molecular weight is 229 g/mol. The maximum absolute atomic E-state index is 11.4. The Bertz CT molecular complexity index is 247. The molecule has 0 aliphatic carbocycles. The van der Waals surface area contributed by atoms with Crippen molar-refractivity contribution in [1.29, 1.82) is 0 Å². The Morgan fingerprint density at radius 3 is 2.56 bits per heavy atom. The second-order valence-electron chi connectivity index (χ2n) is 4.07. The van der Waals surface area contributed by atoms with Crippen LogP contribution in [0.2, 0.25) is 0 Å². The quantitative estimate of drug-likeness (QED) is 0.239. The van der Waals surface area contributed by atoms with Crippen molar-refractivity contribution in [2.24, 2.45) is 5.73 Å². The number of carbonyl (C=O) groups is 1. The van der Waals surface area contributed by atoms with E-state index in [-0.39, 0.29) is 5.97 Å². The Hall–Kier alpha value is -1.03. The van der Waals surface area contributed by atoms with Crippen molar-refractivity contribution in [3.63, 3.8) is 0 Å². The number of unbranched alkanes of at least 4 members (excludes halogenated alkanes) is 1. The lowest BCUT2D eigenvalue weighted by Crippen LogP contribution is -2.36. The largest absolute Gasteiger partial charge is 0.480 e. The van der Waals surface area contributed by atoms with Gasteiger partial charge in [-0.3, -0.25) is 5.73 Å². The summed E-state index contributed by atoms with van der Waals surface area (Å²) >= 11 is 0. The second kappa shape index (κ2) is 7.28. The third-order valence-electron chi connectivity index (χ3n) is 2.26. The Labute approximate surface area is 97.8 Å². The molecule has 1 unspecified atom stereocenters. The molecule has 16 heavy (non-hydrogen) atoms. The first-order valence-corrected chi connectivity index (χ1v) is 5.73. The van der Waals surface area contributed by atoms with Crippen molar-refractivity contribution in [1.82, 2.24) is 0 Å². The van der Waals surface area contributed by atoms with Crippen molar-refractivity contribution in [3.05, 3.63) is 11.8 Å². The molecule has 0 saturated carbocycles. The van der Waals surface area contributed by atoms with Crippen LogP contribution in [0.25, 0.3) is 0 Å². The van der Waals surface area contributed by atoms with E-state index in [0.717, 1.165) is 12.8 Å². The van der Waals surface area contributed by atoms with Gasteiger partial charge in [0.1, 0.15) is 0 Å². The molecular weight excluding hydrogens is 206 g/mol. The molecule has 0 aliphatic heterocycles. The van der Waals surface area contributed by atoms with E-state index < -0.39 is 5.72 Å². The molecule has 0 fully saturated rings. The Balaban J connectivity index is 4.07. The predicted octanol–water partition coefficient (Wildman–Crippen LogP) is 2.33. The minimum absolute atomic E-state index is 0.347. The number of hydrogen-bond donors (Lipinski definition) is 1. The summed E-state index contributed by atoms with van der Waals surface area (Å²) in [5.41, 5.74) is 5.47. The van der Waals surface area contributed by atoms with Crippen LogP contribution in [-0.2, 0) is 14.3 Å². The van der Waals surface area contributed by atoms with Gasteiger partial charge >= 0.3 is 5.97 Å². The van der Waals surface area contributed by atoms with E-state index in [1.807, 2.05) is 13.8 Å². The summed E-state index contributed by atoms with van der Waals surface area (Å²) < 4.78 is 10.3. The molecule has 0 spiro atoms. The van der Waals surface area contributed by atoms with E-state index in [4.69, 9.17) is 15.2 Å². The molecule has 1 atom stereocenters. The molecule has 0 aromatic heterocycles. The first-order chi connectivity index (χ1) is 7.43. The summed E-state index contributed by atoms with van der Waals surface area (Å²) in [5.74, 6) is -0.347. The van der Waals surface area contributed by atoms with Gasteiger partial charge in [0.05, 0.1) is 18.4 Å².